The Morgan fingerprint density at radius 2 is 2.31 bits per heavy atom. The zero-order chi connectivity index (χ0) is 9.26. The Kier molecular flexibility index (Phi) is 1.70. The van der Waals surface area contributed by atoms with E-state index in [0.717, 1.165) is 5.69 Å². The number of rotatable bonds is 1. The fraction of sp³-hybridized carbons (Fsp3) is 0.125. The van der Waals surface area contributed by atoms with Gasteiger partial charge in [-0.25, -0.2) is 14.8 Å². The molecule has 2 rings (SSSR count). The Hall–Kier alpha value is -1.91. The fourth-order valence-electron chi connectivity index (χ4n) is 1.05. The van der Waals surface area contributed by atoms with E-state index in [9.17, 15) is 4.79 Å². The smallest absolute Gasteiger partial charge is 0.354 e. The molecule has 1 N–H and O–H groups in total. The summed E-state index contributed by atoms with van der Waals surface area (Å²) < 4.78 is 4.54. The van der Waals surface area contributed by atoms with E-state index in [1.165, 1.54) is 13.4 Å². The summed E-state index contributed by atoms with van der Waals surface area (Å²) in [6, 6.07) is 3.33. The minimum Gasteiger partial charge on any atom is -0.464 e. The summed E-state index contributed by atoms with van der Waals surface area (Å²) >= 11 is 0. The first kappa shape index (κ1) is 7.72. The van der Waals surface area contributed by atoms with Crippen LogP contribution in [0.5, 0.6) is 0 Å². The van der Waals surface area contributed by atoms with Gasteiger partial charge in [-0.15, -0.1) is 0 Å². The average Bonchev–Trinajstić information content (AvgIpc) is 2.63. The molecule has 5 nitrogen and oxygen atoms in total. The minimum absolute atomic E-state index is 0.371. The van der Waals surface area contributed by atoms with Gasteiger partial charge >= 0.3 is 5.97 Å². The Morgan fingerprint density at radius 1 is 1.46 bits per heavy atom. The number of carbonyl (C=O) groups excluding carboxylic acids is 1. The summed E-state index contributed by atoms with van der Waals surface area (Å²) in [5, 5.41) is 0. The number of pyridine rings is 1. The van der Waals surface area contributed by atoms with E-state index in [2.05, 4.69) is 19.7 Å². The van der Waals surface area contributed by atoms with Gasteiger partial charge in [-0.1, -0.05) is 0 Å². The zero-order valence-electron chi connectivity index (χ0n) is 6.94. The SMILES string of the molecule is COC(=O)c1ccc2ncnc-2[nH]1. The van der Waals surface area contributed by atoms with Crippen LogP contribution in [0, 0.1) is 0 Å². The molecule has 2 heterocycles. The lowest BCUT2D eigenvalue weighted by Crippen LogP contribution is -2.05. The summed E-state index contributed by atoms with van der Waals surface area (Å²) in [5.74, 6) is 0.174. The van der Waals surface area contributed by atoms with Gasteiger partial charge in [-0.3, -0.25) is 0 Å². The maximum absolute atomic E-state index is 11.1. The van der Waals surface area contributed by atoms with Crippen LogP contribution < -0.4 is 0 Å². The molecule has 0 radical (unpaired) electrons. The van der Waals surface area contributed by atoms with Gasteiger partial charge in [-0.2, -0.15) is 0 Å². The highest BCUT2D eigenvalue weighted by Gasteiger charge is 2.10. The number of ether oxygens (including phenoxy) is 1. The number of hydrogen-bond donors (Lipinski definition) is 1. The van der Waals surface area contributed by atoms with Gasteiger partial charge in [0.15, 0.2) is 5.82 Å². The molecule has 13 heavy (non-hydrogen) atoms. The normalized spacial score (nSPS) is 10.2. The van der Waals surface area contributed by atoms with E-state index >= 15 is 0 Å². The molecule has 0 bridgehead atoms. The van der Waals surface area contributed by atoms with Crippen molar-refractivity contribution in [2.24, 2.45) is 0 Å². The summed E-state index contributed by atoms with van der Waals surface area (Å²) in [7, 11) is 1.33. The summed E-state index contributed by atoms with van der Waals surface area (Å²) in [6.45, 7) is 0. The first-order valence-electron chi connectivity index (χ1n) is 3.69. The Labute approximate surface area is 74.1 Å². The van der Waals surface area contributed by atoms with Gasteiger partial charge in [-0.05, 0) is 12.1 Å². The summed E-state index contributed by atoms with van der Waals surface area (Å²) in [4.78, 5) is 21.8. The van der Waals surface area contributed by atoms with Crippen LogP contribution in [-0.2, 0) is 4.74 Å². The standard InChI is InChI=1S/C8H7N3O2/c1-13-8(12)6-3-2-5-7(11-6)10-4-9-5/h2-4H,1H3,(H,9,10,11). The number of aromatic amines is 1. The maximum Gasteiger partial charge on any atom is 0.354 e. The zero-order valence-corrected chi connectivity index (χ0v) is 6.94. The topological polar surface area (TPSA) is 67.9 Å². The van der Waals surface area contributed by atoms with Crippen molar-refractivity contribution in [3.63, 3.8) is 0 Å². The van der Waals surface area contributed by atoms with Crippen molar-refractivity contribution in [3.8, 4) is 11.5 Å². The molecule has 2 aliphatic rings. The van der Waals surface area contributed by atoms with Crippen molar-refractivity contribution >= 4 is 5.97 Å². The van der Waals surface area contributed by atoms with E-state index in [4.69, 9.17) is 0 Å². The number of aromatic nitrogens is 3. The maximum atomic E-state index is 11.1. The molecule has 2 aliphatic heterocycles. The van der Waals surface area contributed by atoms with Gasteiger partial charge in [0, 0.05) is 0 Å². The van der Waals surface area contributed by atoms with Crippen LogP contribution in [0.2, 0.25) is 0 Å². The number of nitrogens with zero attached hydrogens (tertiary/aromatic N) is 2. The molecular weight excluding hydrogens is 170 g/mol. The van der Waals surface area contributed by atoms with Crippen LogP contribution in [0.15, 0.2) is 18.5 Å². The molecule has 0 aromatic carbocycles. The second-order valence-electron chi connectivity index (χ2n) is 2.47. The van der Waals surface area contributed by atoms with E-state index < -0.39 is 5.97 Å². The molecule has 66 valence electrons. The summed E-state index contributed by atoms with van der Waals surface area (Å²) in [6.07, 6.45) is 1.43. The van der Waals surface area contributed by atoms with E-state index in [-0.39, 0.29) is 0 Å². The van der Waals surface area contributed by atoms with E-state index in [1.807, 2.05) is 0 Å². The third-order valence-corrected chi connectivity index (χ3v) is 1.69. The van der Waals surface area contributed by atoms with Crippen LogP contribution in [0.4, 0.5) is 0 Å². The van der Waals surface area contributed by atoms with Crippen molar-refractivity contribution in [2.45, 2.75) is 0 Å². The number of carbonyl (C=O) groups is 1. The number of H-pyrrole nitrogens is 1. The lowest BCUT2D eigenvalue weighted by Gasteiger charge is -2.01. The first-order valence-corrected chi connectivity index (χ1v) is 3.69. The highest BCUT2D eigenvalue weighted by Crippen LogP contribution is 2.14. The summed E-state index contributed by atoms with van der Waals surface area (Å²) in [5.41, 5.74) is 1.10. The van der Waals surface area contributed by atoms with Gasteiger partial charge in [0.05, 0.1) is 7.11 Å². The number of esters is 1. The van der Waals surface area contributed by atoms with E-state index in [0.29, 0.717) is 11.5 Å². The molecule has 0 aromatic heterocycles. The highest BCUT2D eigenvalue weighted by molar-refractivity contribution is 5.87. The second kappa shape index (κ2) is 2.85. The largest absolute Gasteiger partial charge is 0.464 e. The van der Waals surface area contributed by atoms with Crippen molar-refractivity contribution in [3.05, 3.63) is 24.2 Å². The van der Waals surface area contributed by atoms with Crippen LogP contribution in [0.25, 0.3) is 11.5 Å². The lowest BCUT2D eigenvalue weighted by atomic mass is 10.3. The quantitative estimate of drug-likeness (QED) is 0.651. The molecule has 0 saturated carbocycles. The van der Waals surface area contributed by atoms with Crippen LogP contribution in [0.1, 0.15) is 10.5 Å². The molecule has 0 spiro atoms. The second-order valence-corrected chi connectivity index (χ2v) is 2.47. The molecule has 5 heteroatoms. The van der Waals surface area contributed by atoms with Crippen molar-refractivity contribution in [1.29, 1.82) is 0 Å². The third kappa shape index (κ3) is 1.24. The molecule has 0 amide bonds. The number of fused-ring (bicyclic) bond motifs is 1. The van der Waals surface area contributed by atoms with Crippen LogP contribution >= 0.6 is 0 Å². The Bertz CT molecular complexity index is 410. The van der Waals surface area contributed by atoms with Gasteiger partial charge in [0.25, 0.3) is 0 Å². The monoisotopic (exact) mass is 177 g/mol. The number of methoxy groups -OCH3 is 1. The van der Waals surface area contributed by atoms with Crippen molar-refractivity contribution in [1.82, 2.24) is 15.0 Å². The van der Waals surface area contributed by atoms with Crippen LogP contribution in [0.3, 0.4) is 0 Å². The molecule has 0 unspecified atom stereocenters. The molecule has 0 aromatic rings. The number of nitrogens with one attached hydrogen (secondary N) is 1. The number of imidazole rings is 1. The molecule has 0 fully saturated rings. The van der Waals surface area contributed by atoms with Crippen molar-refractivity contribution < 1.29 is 9.53 Å². The fourth-order valence-corrected chi connectivity index (χ4v) is 1.05. The molecule has 0 aliphatic carbocycles. The van der Waals surface area contributed by atoms with E-state index in [1.54, 1.807) is 12.1 Å². The number of hydrogen-bond acceptors (Lipinski definition) is 4. The first-order chi connectivity index (χ1) is 6.31. The molecule has 0 saturated heterocycles. The Morgan fingerprint density at radius 3 is 3.08 bits per heavy atom. The predicted molar refractivity (Wildman–Crippen MR) is 44.3 cm³/mol. The molecular formula is C8H7N3O2. The minimum atomic E-state index is -0.412. The third-order valence-electron chi connectivity index (χ3n) is 1.69. The predicted octanol–water partition coefficient (Wildman–Crippen LogP) is 0.696. The highest BCUT2D eigenvalue weighted by atomic mass is 16.5. The molecule has 0 atom stereocenters. The lowest BCUT2D eigenvalue weighted by molar-refractivity contribution is 0.0594. The van der Waals surface area contributed by atoms with Gasteiger partial charge in [0.1, 0.15) is 17.7 Å². The Balaban J connectivity index is 2.49. The van der Waals surface area contributed by atoms with Gasteiger partial charge < -0.3 is 9.72 Å². The van der Waals surface area contributed by atoms with Gasteiger partial charge in [0.2, 0.25) is 0 Å². The van der Waals surface area contributed by atoms with Crippen molar-refractivity contribution in [2.75, 3.05) is 7.11 Å². The average molecular weight is 177 g/mol. The van der Waals surface area contributed by atoms with Crippen LogP contribution in [-0.4, -0.2) is 28.0 Å².